The molecule has 7 heterocycles. The minimum Gasteiger partial charge on any atom is -0.508 e. The SMILES string of the molecule is CC(C)CC(CN(C)C(=O)OC(C)(C)C)C(=O)NC1C(=O)NC(CC(N)=O)C(=O)NC2C(=O)NC3CC(=O)NC4(NC4c4ccc(c(Cl)c4)Oc4cc2cc(c4OC2OC(CN)C(O)C(O)C2O)Oc2ccc(cc2Cl)C1(C)O)C(=O)CC(C(=O)NC1CCC1)c1cc(O)cc(O)c1-c1cc3ccc1O. The summed E-state index contributed by atoms with van der Waals surface area (Å²) in [6.45, 7) is 8.98. The van der Waals surface area contributed by atoms with Crippen molar-refractivity contribution in [2.75, 3.05) is 20.1 Å². The van der Waals surface area contributed by atoms with Gasteiger partial charge in [-0.25, -0.2) is 4.79 Å². The van der Waals surface area contributed by atoms with Crippen molar-refractivity contribution in [3.63, 3.8) is 0 Å². The molecule has 8 amide bonds. The lowest BCUT2D eigenvalue weighted by Gasteiger charge is -2.40. The van der Waals surface area contributed by atoms with Crippen molar-refractivity contribution in [1.82, 2.24) is 42.1 Å². The predicted octanol–water partition coefficient (Wildman–Crippen LogP) is 3.70. The van der Waals surface area contributed by atoms with E-state index in [1.54, 1.807) is 34.6 Å². The second-order valence-corrected chi connectivity index (χ2v) is 29.7. The summed E-state index contributed by atoms with van der Waals surface area (Å²) >= 11 is 14.3. The fourth-order valence-electron chi connectivity index (χ4n) is 13.6. The Morgan fingerprint density at radius 1 is 0.771 bits per heavy atom. The number of phenols is 3. The van der Waals surface area contributed by atoms with Gasteiger partial charge in [-0.15, -0.1) is 0 Å². The van der Waals surface area contributed by atoms with Crippen LogP contribution in [0.25, 0.3) is 11.1 Å². The summed E-state index contributed by atoms with van der Waals surface area (Å²) in [4.78, 5) is 135. The Balaban J connectivity index is 1.12. The largest absolute Gasteiger partial charge is 0.508 e. The Hall–Kier alpha value is -9.57. The van der Waals surface area contributed by atoms with E-state index in [9.17, 15) is 54.9 Å². The van der Waals surface area contributed by atoms with Gasteiger partial charge in [-0.1, -0.05) is 55.2 Å². The zero-order valence-electron chi connectivity index (χ0n) is 58.2. The molecule has 105 heavy (non-hydrogen) atoms. The van der Waals surface area contributed by atoms with E-state index in [0.29, 0.717) is 12.8 Å². The average molecular weight is 1500 g/mol. The molecule has 5 aromatic rings. The van der Waals surface area contributed by atoms with Gasteiger partial charge in [-0.05, 0) is 142 Å². The van der Waals surface area contributed by atoms with Gasteiger partial charge < -0.3 is 108 Å². The number of amides is 8. The number of nitrogens with zero attached hydrogens (tertiary/aromatic N) is 1. The van der Waals surface area contributed by atoms with Crippen LogP contribution >= 0.6 is 23.2 Å². The standard InChI is InChI=1S/C72H84Cl2N10O21/c1-30(2)17-34(29-84(7)69(99)105-70(3,4)5)63(94)81-62-67(98)79-44(26-53(76)89)65(96)80-56-33-20-49(60(104-68-59(93)58(92)57(91)51(28-75)103-68)50(21-33)102-48-16-13-35(22-42(48)74)71(62,6)100)101-47-15-12-32(19-41(47)73)61-72(83-61)52(88)25-39(64(95)77-36-9-8-10-36)38-23-37(85)24-46(87)55(38)40-18-31(11-14-45(40)86)43(78-66(56)97)27-54(90)82-72/h11-16,18-24,30,34,36,39,43-44,51,56-59,61-62,68,83,85-87,91-93,100H,8-10,17,25-29,75H2,1-7H3,(H2,76,89)(H,77,95)(H,78,97)(H,79,98)(H,80,96)(H,81,94)(H,82,90). The van der Waals surface area contributed by atoms with E-state index in [4.69, 9.17) is 58.4 Å². The van der Waals surface area contributed by atoms with Crippen LogP contribution < -0.4 is 62.9 Å². The molecule has 13 rings (SSSR count). The highest BCUT2D eigenvalue weighted by Crippen LogP contribution is 2.52. The zero-order valence-corrected chi connectivity index (χ0v) is 59.7. The number of nitrogens with two attached hydrogens (primary N) is 2. The molecule has 1 aliphatic carbocycles. The number of Topliss-reactive ketones (excluding diaryl/α,β-unsaturated/α-hetero) is 1. The molecule has 31 nitrogen and oxygen atoms in total. The molecule has 0 radical (unpaired) electrons. The Morgan fingerprint density at radius 2 is 1.44 bits per heavy atom. The molecule has 0 aromatic heterocycles. The van der Waals surface area contributed by atoms with Gasteiger partial charge in [-0.3, -0.25) is 43.7 Å². The summed E-state index contributed by atoms with van der Waals surface area (Å²) in [5, 5.41) is 100. The molecule has 562 valence electrons. The fraction of sp³-hybridized carbons (Fsp3) is 0.458. The summed E-state index contributed by atoms with van der Waals surface area (Å²) in [6, 6.07) is 6.31. The third kappa shape index (κ3) is 16.3. The third-order valence-corrected chi connectivity index (χ3v) is 19.9. The van der Waals surface area contributed by atoms with Crippen molar-refractivity contribution >= 4 is 76.4 Å². The van der Waals surface area contributed by atoms with Crippen molar-refractivity contribution in [1.29, 1.82) is 0 Å². The first-order valence-electron chi connectivity index (χ1n) is 34.1. The van der Waals surface area contributed by atoms with Crippen molar-refractivity contribution in [3.8, 4) is 57.1 Å². The van der Waals surface area contributed by atoms with Gasteiger partial charge >= 0.3 is 6.09 Å². The predicted molar refractivity (Wildman–Crippen MR) is 373 cm³/mol. The topological polar surface area (TPSA) is 491 Å². The number of carbonyl (C=O) groups excluding carboxylic acids is 9. The molecule has 18 N–H and O–H groups in total. The molecular formula is C72H84Cl2N10O21. The van der Waals surface area contributed by atoms with E-state index < -0.39 is 203 Å². The maximum absolute atomic E-state index is 16.2. The number of aliphatic hydroxyl groups excluding tert-OH is 3. The summed E-state index contributed by atoms with van der Waals surface area (Å²) in [5.74, 6) is -15.2. The van der Waals surface area contributed by atoms with E-state index in [1.165, 1.54) is 49.5 Å². The minimum absolute atomic E-state index is 0.0187. The molecular weight excluding hydrogens is 1410 g/mol. The van der Waals surface area contributed by atoms with Gasteiger partial charge in [0, 0.05) is 49.8 Å². The molecule has 14 atom stereocenters. The molecule has 2 saturated heterocycles. The molecule has 3 fully saturated rings. The Kier molecular flexibility index (Phi) is 22.0. The normalized spacial score (nSPS) is 27.1. The molecule has 8 aliphatic rings. The average Bonchev–Trinajstić information content (AvgIpc) is 1.53. The number of nitrogens with one attached hydrogen (secondary N) is 7. The lowest BCUT2D eigenvalue weighted by atomic mass is 9.83. The van der Waals surface area contributed by atoms with Crippen molar-refractivity contribution in [2.24, 2.45) is 23.3 Å². The number of fused-ring (bicyclic) bond motifs is 15. The quantitative estimate of drug-likeness (QED) is 0.0747. The van der Waals surface area contributed by atoms with E-state index in [-0.39, 0.29) is 85.4 Å². The number of halogens is 2. The number of rotatable bonds is 13. The van der Waals surface area contributed by atoms with E-state index in [1.807, 2.05) is 0 Å². The van der Waals surface area contributed by atoms with Gasteiger partial charge in [0.2, 0.25) is 53.4 Å². The maximum atomic E-state index is 16.2. The molecule has 14 unspecified atom stereocenters. The van der Waals surface area contributed by atoms with Crippen LogP contribution in [0.4, 0.5) is 4.79 Å². The number of benzene rings is 5. The second-order valence-electron chi connectivity index (χ2n) is 28.9. The fourth-order valence-corrected chi connectivity index (χ4v) is 14.0. The molecule has 33 heteroatoms. The first-order chi connectivity index (χ1) is 49.4. The van der Waals surface area contributed by atoms with E-state index in [2.05, 4.69) is 37.2 Å². The Bertz CT molecular complexity index is 4300. The highest BCUT2D eigenvalue weighted by atomic mass is 35.5. The van der Waals surface area contributed by atoms with Crippen molar-refractivity contribution < 1.29 is 103 Å². The van der Waals surface area contributed by atoms with Crippen LogP contribution in [0.15, 0.2) is 78.9 Å². The zero-order chi connectivity index (χ0) is 76.2. The first-order valence-corrected chi connectivity index (χ1v) is 34.9. The lowest BCUT2D eigenvalue weighted by Crippen LogP contribution is -2.62. The summed E-state index contributed by atoms with van der Waals surface area (Å²) < 4.78 is 31.2. The van der Waals surface area contributed by atoms with Gasteiger partial charge in [-0.2, -0.15) is 0 Å². The highest BCUT2D eigenvalue weighted by Gasteiger charge is 2.62. The lowest BCUT2D eigenvalue weighted by molar-refractivity contribution is -0.270. The Labute approximate surface area is 611 Å². The van der Waals surface area contributed by atoms with Crippen LogP contribution in [0.5, 0.6) is 46.0 Å². The molecule has 7 aliphatic heterocycles. The second kappa shape index (κ2) is 30.1. The number of ether oxygens (including phenoxy) is 5. The van der Waals surface area contributed by atoms with Gasteiger partial charge in [0.05, 0.1) is 46.8 Å². The highest BCUT2D eigenvalue weighted by molar-refractivity contribution is 6.32. The molecule has 5 aromatic carbocycles. The van der Waals surface area contributed by atoms with Crippen molar-refractivity contribution in [3.05, 3.63) is 117 Å². The van der Waals surface area contributed by atoms with E-state index in [0.717, 1.165) is 54.6 Å². The smallest absolute Gasteiger partial charge is 0.410 e. The van der Waals surface area contributed by atoms with Gasteiger partial charge in [0.15, 0.2) is 22.9 Å². The Morgan fingerprint density at radius 3 is 2.06 bits per heavy atom. The van der Waals surface area contributed by atoms with Crippen LogP contribution in [0.3, 0.4) is 0 Å². The maximum Gasteiger partial charge on any atom is 0.410 e. The monoisotopic (exact) mass is 1490 g/mol. The summed E-state index contributed by atoms with van der Waals surface area (Å²) in [5.41, 5.74) is 5.32. The number of carbonyl (C=O) groups is 9. The molecule has 11 bridgehead atoms. The number of primary amides is 1. The summed E-state index contributed by atoms with van der Waals surface area (Å²) in [7, 11) is 1.40. The molecule has 1 spiro atoms. The number of hydrogen-bond acceptors (Lipinski definition) is 23. The van der Waals surface area contributed by atoms with Crippen LogP contribution in [0, 0.1) is 11.8 Å². The van der Waals surface area contributed by atoms with Crippen LogP contribution in [-0.4, -0.2) is 174 Å². The van der Waals surface area contributed by atoms with Gasteiger partial charge in [0.25, 0.3) is 0 Å². The molecule has 1 saturated carbocycles. The number of aromatic hydroxyl groups is 3. The third-order valence-electron chi connectivity index (χ3n) is 19.3. The number of aliphatic hydroxyl groups is 4. The van der Waals surface area contributed by atoms with Crippen molar-refractivity contribution in [2.45, 2.75) is 176 Å². The number of phenolic OH excluding ortho intramolecular Hbond substituents is 3. The number of hydrogen-bond donors (Lipinski definition) is 16. The van der Waals surface area contributed by atoms with E-state index >= 15 is 24.0 Å². The minimum atomic E-state index is -2.56. The van der Waals surface area contributed by atoms with Gasteiger partial charge in [0.1, 0.15) is 82.5 Å². The first kappa shape index (κ1) is 76.6. The summed E-state index contributed by atoms with van der Waals surface area (Å²) in [6.07, 6.45) is -10.4. The number of ketones is 1. The van der Waals surface area contributed by atoms with Crippen LogP contribution in [0.1, 0.15) is 138 Å². The van der Waals surface area contributed by atoms with Crippen LogP contribution in [-0.2, 0) is 53.4 Å². The van der Waals surface area contributed by atoms with Crippen LogP contribution in [0.2, 0.25) is 10.0 Å².